The SMILES string of the molecule is C=C(Cc1ccc(O)c2c1C[C@@H]1C[C@@H]3C(N(C)C)C(=O)C(C(N)=O)=C(O)[C@]3(O)C(=O)C1=C2O)C1CCCC1. The molecule has 1 aromatic carbocycles. The first-order chi connectivity index (χ1) is 17.9. The molecule has 202 valence electrons. The Morgan fingerprint density at radius 1 is 1.16 bits per heavy atom. The van der Waals surface area contributed by atoms with Crippen LogP contribution in [-0.2, 0) is 27.2 Å². The summed E-state index contributed by atoms with van der Waals surface area (Å²) in [6, 6.07) is 2.19. The second kappa shape index (κ2) is 9.10. The van der Waals surface area contributed by atoms with Crippen molar-refractivity contribution in [2.45, 2.75) is 56.6 Å². The number of aromatic hydroxyl groups is 1. The number of carbonyl (C=O) groups excluding carboxylic acids is 3. The van der Waals surface area contributed by atoms with Crippen LogP contribution in [0.1, 0.15) is 48.8 Å². The predicted octanol–water partition coefficient (Wildman–Crippen LogP) is 2.25. The van der Waals surface area contributed by atoms with E-state index in [4.69, 9.17) is 5.73 Å². The third-order valence-electron chi connectivity index (χ3n) is 9.05. The number of phenols is 1. The summed E-state index contributed by atoms with van der Waals surface area (Å²) in [5, 5.41) is 44.7. The van der Waals surface area contributed by atoms with Crippen molar-refractivity contribution < 1.29 is 34.8 Å². The van der Waals surface area contributed by atoms with E-state index in [0.29, 0.717) is 17.9 Å². The van der Waals surface area contributed by atoms with Crippen molar-refractivity contribution in [1.29, 1.82) is 0 Å². The second-order valence-corrected chi connectivity index (χ2v) is 11.4. The lowest BCUT2D eigenvalue weighted by molar-refractivity contribution is -0.153. The maximum Gasteiger partial charge on any atom is 0.255 e. The van der Waals surface area contributed by atoms with Crippen LogP contribution in [-0.4, -0.2) is 68.5 Å². The first-order valence-corrected chi connectivity index (χ1v) is 13.1. The second-order valence-electron chi connectivity index (χ2n) is 11.4. The van der Waals surface area contributed by atoms with Gasteiger partial charge in [0, 0.05) is 11.5 Å². The molecule has 0 heterocycles. The van der Waals surface area contributed by atoms with Crippen LogP contribution in [0.2, 0.25) is 0 Å². The van der Waals surface area contributed by atoms with Gasteiger partial charge in [0.05, 0.1) is 11.6 Å². The van der Waals surface area contributed by atoms with E-state index >= 15 is 0 Å². The summed E-state index contributed by atoms with van der Waals surface area (Å²) in [7, 11) is 3.16. The Hall–Kier alpha value is -3.43. The summed E-state index contributed by atoms with van der Waals surface area (Å²) in [6.45, 7) is 4.31. The smallest absolute Gasteiger partial charge is 0.255 e. The molecule has 9 heteroatoms. The summed E-state index contributed by atoms with van der Waals surface area (Å²) in [6.07, 6.45) is 5.47. The number of hydrogen-bond donors (Lipinski definition) is 5. The normalized spacial score (nSPS) is 29.4. The van der Waals surface area contributed by atoms with Gasteiger partial charge < -0.3 is 26.2 Å². The molecule has 38 heavy (non-hydrogen) atoms. The Morgan fingerprint density at radius 2 is 1.82 bits per heavy atom. The van der Waals surface area contributed by atoms with Gasteiger partial charge in [0.2, 0.25) is 5.78 Å². The molecule has 1 aromatic rings. The number of aliphatic hydroxyl groups excluding tert-OH is 2. The lowest BCUT2D eigenvalue weighted by atomic mass is 9.57. The molecule has 4 atom stereocenters. The zero-order chi connectivity index (χ0) is 27.7. The van der Waals surface area contributed by atoms with Gasteiger partial charge in [0.1, 0.15) is 22.8 Å². The van der Waals surface area contributed by atoms with Gasteiger partial charge in [-0.3, -0.25) is 19.3 Å². The number of carbonyl (C=O) groups is 3. The van der Waals surface area contributed by atoms with Crippen molar-refractivity contribution in [2.24, 2.45) is 23.5 Å². The first kappa shape index (κ1) is 26.2. The number of allylic oxidation sites excluding steroid dienone is 1. The van der Waals surface area contributed by atoms with E-state index in [1.165, 1.54) is 23.8 Å². The van der Waals surface area contributed by atoms with E-state index < -0.39 is 58.0 Å². The fourth-order valence-corrected chi connectivity index (χ4v) is 7.20. The van der Waals surface area contributed by atoms with Crippen LogP contribution < -0.4 is 5.73 Å². The molecule has 5 rings (SSSR count). The van der Waals surface area contributed by atoms with Crippen molar-refractivity contribution in [2.75, 3.05) is 14.1 Å². The van der Waals surface area contributed by atoms with Crippen LogP contribution in [0.3, 0.4) is 0 Å². The highest BCUT2D eigenvalue weighted by molar-refractivity contribution is 6.24. The summed E-state index contributed by atoms with van der Waals surface area (Å²) in [5.41, 5.74) is 4.59. The minimum absolute atomic E-state index is 0.0738. The molecule has 0 spiro atoms. The number of fused-ring (bicyclic) bond motifs is 3. The Kier molecular flexibility index (Phi) is 6.27. The van der Waals surface area contributed by atoms with Crippen molar-refractivity contribution in [3.8, 4) is 5.75 Å². The van der Waals surface area contributed by atoms with Crippen molar-refractivity contribution in [3.63, 3.8) is 0 Å². The van der Waals surface area contributed by atoms with Gasteiger partial charge in [-0.25, -0.2) is 0 Å². The number of amides is 1. The Morgan fingerprint density at radius 3 is 2.42 bits per heavy atom. The Bertz CT molecular complexity index is 1330. The molecule has 0 bridgehead atoms. The standard InChI is InChI=1S/C29H34N2O7/c1-13(14-6-4-5-7-14)10-15-8-9-19(32)21-17(15)11-16-12-18-23(31(2)3)25(34)22(28(30)37)27(36)29(18,38)26(35)20(16)24(21)33/h8-9,14,16,18,23,32-33,36,38H,1,4-7,10-12H2,2-3H3,(H2,30,37)/t16-,18-,23?,29-/m1/s1. The maximum absolute atomic E-state index is 13.9. The monoisotopic (exact) mass is 522 g/mol. The fourth-order valence-electron chi connectivity index (χ4n) is 7.20. The third-order valence-corrected chi connectivity index (χ3v) is 9.05. The van der Waals surface area contributed by atoms with Crippen LogP contribution in [0.5, 0.6) is 5.75 Å². The van der Waals surface area contributed by atoms with E-state index in [1.54, 1.807) is 14.1 Å². The average Bonchev–Trinajstić information content (AvgIpc) is 3.38. The van der Waals surface area contributed by atoms with E-state index in [2.05, 4.69) is 6.58 Å². The van der Waals surface area contributed by atoms with Crippen LogP contribution >= 0.6 is 0 Å². The van der Waals surface area contributed by atoms with Gasteiger partial charge in [0.25, 0.3) is 5.91 Å². The average molecular weight is 523 g/mol. The highest BCUT2D eigenvalue weighted by Crippen LogP contribution is 2.53. The van der Waals surface area contributed by atoms with E-state index in [9.17, 15) is 34.8 Å². The number of Topliss-reactive ketones (excluding diaryl/α,β-unsaturated/α-hetero) is 2. The van der Waals surface area contributed by atoms with Crippen LogP contribution in [0.4, 0.5) is 0 Å². The summed E-state index contributed by atoms with van der Waals surface area (Å²) < 4.78 is 0. The number of ketones is 2. The van der Waals surface area contributed by atoms with Crippen LogP contribution in [0.15, 0.2) is 41.2 Å². The molecule has 0 radical (unpaired) electrons. The lowest BCUT2D eigenvalue weighted by Crippen LogP contribution is -2.65. The minimum Gasteiger partial charge on any atom is -0.508 e. The summed E-state index contributed by atoms with van der Waals surface area (Å²) >= 11 is 0. The molecule has 0 aliphatic heterocycles. The number of primary amides is 1. The quantitative estimate of drug-likeness (QED) is 0.291. The van der Waals surface area contributed by atoms with E-state index in [0.717, 1.165) is 24.0 Å². The molecule has 0 aromatic heterocycles. The van der Waals surface area contributed by atoms with Crippen molar-refractivity contribution >= 4 is 23.2 Å². The van der Waals surface area contributed by atoms with E-state index in [1.807, 2.05) is 6.07 Å². The molecule has 4 aliphatic rings. The molecular weight excluding hydrogens is 488 g/mol. The first-order valence-electron chi connectivity index (χ1n) is 13.1. The minimum atomic E-state index is -2.63. The maximum atomic E-state index is 13.9. The number of aliphatic hydroxyl groups is 3. The fraction of sp³-hybridized carbons (Fsp3) is 0.483. The molecular formula is C29H34N2O7. The molecule has 2 fully saturated rings. The number of likely N-dealkylation sites (N-methyl/N-ethyl adjacent to an activating group) is 1. The summed E-state index contributed by atoms with van der Waals surface area (Å²) in [4.78, 5) is 40.7. The highest BCUT2D eigenvalue weighted by Gasteiger charge is 2.64. The molecule has 0 saturated heterocycles. The van der Waals surface area contributed by atoms with Crippen molar-refractivity contribution in [1.82, 2.24) is 4.90 Å². The molecule has 9 nitrogen and oxygen atoms in total. The van der Waals surface area contributed by atoms with Crippen molar-refractivity contribution in [3.05, 3.63) is 57.9 Å². The predicted molar refractivity (Wildman–Crippen MR) is 139 cm³/mol. The number of nitrogens with zero attached hydrogens (tertiary/aromatic N) is 1. The van der Waals surface area contributed by atoms with Gasteiger partial charge in [-0.1, -0.05) is 31.1 Å². The van der Waals surface area contributed by atoms with Gasteiger partial charge in [-0.2, -0.15) is 0 Å². The van der Waals surface area contributed by atoms with Gasteiger partial charge in [0.15, 0.2) is 11.4 Å². The molecule has 4 aliphatic carbocycles. The number of benzene rings is 1. The highest BCUT2D eigenvalue weighted by atomic mass is 16.3. The Balaban J connectivity index is 1.64. The van der Waals surface area contributed by atoms with Gasteiger partial charge >= 0.3 is 0 Å². The lowest BCUT2D eigenvalue weighted by Gasteiger charge is -2.50. The zero-order valence-corrected chi connectivity index (χ0v) is 21.7. The third kappa shape index (κ3) is 3.63. The van der Waals surface area contributed by atoms with Crippen LogP contribution in [0, 0.1) is 17.8 Å². The molecule has 6 N–H and O–H groups in total. The number of hydrogen-bond acceptors (Lipinski definition) is 8. The largest absolute Gasteiger partial charge is 0.508 e. The topological polar surface area (TPSA) is 161 Å². The molecule has 2 saturated carbocycles. The zero-order valence-electron chi connectivity index (χ0n) is 21.7. The van der Waals surface area contributed by atoms with E-state index in [-0.39, 0.29) is 29.7 Å². The molecule has 1 unspecified atom stereocenters. The molecule has 1 amide bonds. The number of nitrogens with two attached hydrogens (primary N) is 1. The Labute approximate surface area is 220 Å². The summed E-state index contributed by atoms with van der Waals surface area (Å²) in [5.74, 6) is -6.02. The van der Waals surface area contributed by atoms with Gasteiger partial charge in [-0.15, -0.1) is 0 Å². The number of rotatable bonds is 5. The van der Waals surface area contributed by atoms with Gasteiger partial charge in [-0.05, 0) is 75.2 Å². The number of phenolic OH excluding ortho intramolecular Hbond substituents is 1. The van der Waals surface area contributed by atoms with Crippen LogP contribution in [0.25, 0.3) is 5.76 Å².